The maximum Gasteiger partial charge on any atom is 0.323 e. The van der Waals surface area contributed by atoms with Crippen molar-refractivity contribution >= 4 is 67.6 Å². The van der Waals surface area contributed by atoms with Gasteiger partial charge in [-0.2, -0.15) is 0 Å². The van der Waals surface area contributed by atoms with Gasteiger partial charge in [0.25, 0.3) is 0 Å². The van der Waals surface area contributed by atoms with Gasteiger partial charge in [0.1, 0.15) is 12.5 Å². The summed E-state index contributed by atoms with van der Waals surface area (Å²) in [6.07, 6.45) is 1.61. The van der Waals surface area contributed by atoms with Gasteiger partial charge in [-0.3, -0.25) is 9.50 Å². The second-order valence-corrected chi connectivity index (χ2v) is 9.23. The smallest absolute Gasteiger partial charge is 0.323 e. The Morgan fingerprint density at radius 1 is 1.19 bits per heavy atom. The van der Waals surface area contributed by atoms with Gasteiger partial charge in [-0.1, -0.05) is 41.6 Å². The fourth-order valence-electron chi connectivity index (χ4n) is 3.30. The van der Waals surface area contributed by atoms with Crippen LogP contribution in [0.25, 0.3) is 21.2 Å². The van der Waals surface area contributed by atoms with E-state index in [-0.39, 0.29) is 19.3 Å². The molecule has 2 aromatic carbocycles. The Labute approximate surface area is 218 Å². The van der Waals surface area contributed by atoms with Crippen LogP contribution in [0.15, 0.2) is 60.1 Å². The van der Waals surface area contributed by atoms with Gasteiger partial charge in [0.15, 0.2) is 0 Å². The number of nitrogens with one attached hydrogen (secondary N) is 3. The average Bonchev–Trinajstić information content (AvgIpc) is 3.29. The van der Waals surface area contributed by atoms with Gasteiger partial charge in [0.05, 0.1) is 28.2 Å². The van der Waals surface area contributed by atoms with Crippen molar-refractivity contribution in [2.45, 2.75) is 0 Å². The van der Waals surface area contributed by atoms with Crippen molar-refractivity contribution in [3.05, 3.63) is 70.7 Å². The SMILES string of the molecule is Nc1ncc(C#CCNCOS(=O)[O-])c2scc(-c3ccc(NC(=O)Nc4cccc(Cl)c4)cc3)c12. The lowest BCUT2D eigenvalue weighted by Gasteiger charge is -2.09. The summed E-state index contributed by atoms with van der Waals surface area (Å²) in [4.78, 5) is 16.6. The third kappa shape index (κ3) is 6.58. The van der Waals surface area contributed by atoms with Crippen LogP contribution < -0.4 is 21.7 Å². The molecule has 4 rings (SSSR count). The first-order chi connectivity index (χ1) is 17.4. The lowest BCUT2D eigenvalue weighted by Crippen LogP contribution is -2.19. The van der Waals surface area contributed by atoms with Crippen LogP contribution in [-0.4, -0.2) is 33.1 Å². The number of urea groups is 1. The molecule has 1 unspecified atom stereocenters. The number of pyridine rings is 1. The number of carbonyl (C=O) groups excluding carboxylic acids is 1. The first-order valence-electron chi connectivity index (χ1n) is 10.4. The normalized spacial score (nSPS) is 11.5. The molecule has 2 amide bonds. The number of rotatable bonds is 7. The van der Waals surface area contributed by atoms with Crippen molar-refractivity contribution in [2.75, 3.05) is 29.6 Å². The van der Waals surface area contributed by atoms with Gasteiger partial charge >= 0.3 is 6.03 Å². The second kappa shape index (κ2) is 12.0. The lowest BCUT2D eigenvalue weighted by atomic mass is 10.0. The Morgan fingerprint density at radius 2 is 1.97 bits per heavy atom. The van der Waals surface area contributed by atoms with E-state index in [0.717, 1.165) is 21.2 Å². The number of halogens is 1. The van der Waals surface area contributed by atoms with E-state index in [4.69, 9.17) is 17.3 Å². The Bertz CT molecular complexity index is 1480. The molecule has 0 saturated carbocycles. The molecule has 0 bridgehead atoms. The zero-order valence-corrected chi connectivity index (χ0v) is 20.9. The molecule has 0 aliphatic rings. The third-order valence-electron chi connectivity index (χ3n) is 4.85. The second-order valence-electron chi connectivity index (χ2n) is 7.27. The van der Waals surface area contributed by atoms with E-state index in [1.807, 2.05) is 17.5 Å². The minimum atomic E-state index is -2.57. The first-order valence-corrected chi connectivity index (χ1v) is 12.7. The number of nitrogens with two attached hydrogens (primary N) is 1. The van der Waals surface area contributed by atoms with Crippen LogP contribution in [0.5, 0.6) is 0 Å². The summed E-state index contributed by atoms with van der Waals surface area (Å²) in [6.45, 7) is 0.0805. The standard InChI is InChI=1S/C24H20ClN5O4S2/c25-17-4-1-5-19(11-17)30-24(31)29-18-8-6-15(7-9-18)20-13-35-22-16(12-28-23(26)21(20)22)3-2-10-27-14-34-36(32)33/h1,4-9,11-13,27H,10,14H2,(H2,26,28)(H,32,33)(H2,29,30,31)/p-1. The molecule has 12 heteroatoms. The van der Waals surface area contributed by atoms with Crippen LogP contribution in [0, 0.1) is 11.8 Å². The molecule has 0 fully saturated rings. The Balaban J connectivity index is 1.47. The Morgan fingerprint density at radius 3 is 2.72 bits per heavy atom. The number of aromatic nitrogens is 1. The fraction of sp³-hybridized carbons (Fsp3) is 0.0833. The van der Waals surface area contributed by atoms with Crippen molar-refractivity contribution in [1.82, 2.24) is 10.3 Å². The van der Waals surface area contributed by atoms with Crippen LogP contribution in [0.1, 0.15) is 5.56 Å². The molecule has 0 aliphatic carbocycles. The summed E-state index contributed by atoms with van der Waals surface area (Å²) < 4.78 is 26.0. The van der Waals surface area contributed by atoms with E-state index in [0.29, 0.717) is 27.8 Å². The first kappa shape index (κ1) is 25.6. The molecule has 1 atom stereocenters. The topological polar surface area (TPSA) is 141 Å². The van der Waals surface area contributed by atoms with Crippen LogP contribution in [0.2, 0.25) is 5.02 Å². The largest absolute Gasteiger partial charge is 0.750 e. The molecule has 4 aromatic rings. The van der Waals surface area contributed by atoms with E-state index >= 15 is 0 Å². The number of anilines is 3. The molecular formula is C24H19ClN5O4S2-. The number of thiophene rings is 1. The van der Waals surface area contributed by atoms with Gasteiger partial charge in [0, 0.05) is 33.5 Å². The van der Waals surface area contributed by atoms with Gasteiger partial charge in [-0.25, -0.2) is 14.0 Å². The number of benzene rings is 2. The highest BCUT2D eigenvalue weighted by Crippen LogP contribution is 2.38. The summed E-state index contributed by atoms with van der Waals surface area (Å²) in [5.41, 5.74) is 9.93. The summed E-state index contributed by atoms with van der Waals surface area (Å²) >= 11 is 4.88. The van der Waals surface area contributed by atoms with Gasteiger partial charge in [0.2, 0.25) is 0 Å². The maximum atomic E-state index is 12.3. The highest BCUT2D eigenvalue weighted by atomic mass is 35.5. The Hall–Kier alpha value is -3.50. The van der Waals surface area contributed by atoms with E-state index in [1.54, 1.807) is 42.6 Å². The quantitative estimate of drug-likeness (QED) is 0.116. The molecule has 5 N–H and O–H groups in total. The fourth-order valence-corrected chi connectivity index (χ4v) is 4.73. The van der Waals surface area contributed by atoms with Crippen molar-refractivity contribution in [3.8, 4) is 23.0 Å². The molecule has 0 saturated heterocycles. The molecule has 2 heterocycles. The average molecular weight is 541 g/mol. The molecule has 36 heavy (non-hydrogen) atoms. The van der Waals surface area contributed by atoms with Crippen LogP contribution in [-0.2, 0) is 15.5 Å². The molecular weight excluding hydrogens is 522 g/mol. The van der Waals surface area contributed by atoms with Gasteiger partial charge in [-0.15, -0.1) is 11.3 Å². The van der Waals surface area contributed by atoms with Crippen molar-refractivity contribution in [2.24, 2.45) is 0 Å². The predicted octanol–water partition coefficient (Wildman–Crippen LogP) is 4.55. The Kier molecular flexibility index (Phi) is 8.50. The number of carbonyl (C=O) groups is 1. The van der Waals surface area contributed by atoms with Crippen LogP contribution in [0.4, 0.5) is 22.0 Å². The van der Waals surface area contributed by atoms with Crippen molar-refractivity contribution in [1.29, 1.82) is 0 Å². The number of amides is 2. The van der Waals surface area contributed by atoms with E-state index in [9.17, 15) is 13.6 Å². The predicted molar refractivity (Wildman–Crippen MR) is 143 cm³/mol. The molecule has 2 aromatic heterocycles. The number of nitrogens with zero attached hydrogens (tertiary/aromatic N) is 1. The molecule has 0 aliphatic heterocycles. The van der Waals surface area contributed by atoms with Crippen LogP contribution in [0.3, 0.4) is 0 Å². The molecule has 0 radical (unpaired) electrons. The van der Waals surface area contributed by atoms with Crippen LogP contribution >= 0.6 is 22.9 Å². The zero-order valence-electron chi connectivity index (χ0n) is 18.5. The molecule has 0 spiro atoms. The van der Waals surface area contributed by atoms with E-state index in [2.05, 4.69) is 37.0 Å². The lowest BCUT2D eigenvalue weighted by molar-refractivity contribution is 0.262. The maximum absolute atomic E-state index is 12.3. The summed E-state index contributed by atoms with van der Waals surface area (Å²) in [5.74, 6) is 6.33. The number of hydrogen-bond acceptors (Lipinski definition) is 8. The minimum Gasteiger partial charge on any atom is -0.750 e. The van der Waals surface area contributed by atoms with E-state index in [1.165, 1.54) is 11.3 Å². The van der Waals surface area contributed by atoms with Gasteiger partial charge < -0.3 is 20.9 Å². The summed E-state index contributed by atoms with van der Waals surface area (Å²) in [5, 5.41) is 11.6. The number of nitrogen functional groups attached to an aromatic ring is 1. The minimum absolute atomic E-state index is 0.156. The monoisotopic (exact) mass is 540 g/mol. The van der Waals surface area contributed by atoms with Crippen molar-refractivity contribution in [3.63, 3.8) is 0 Å². The number of hydrogen-bond donors (Lipinski definition) is 4. The van der Waals surface area contributed by atoms with E-state index < -0.39 is 11.4 Å². The highest BCUT2D eigenvalue weighted by molar-refractivity contribution is 7.74. The zero-order chi connectivity index (χ0) is 25.5. The third-order valence-corrected chi connectivity index (χ3v) is 6.41. The summed E-state index contributed by atoms with van der Waals surface area (Å²) in [6, 6.07) is 13.9. The van der Waals surface area contributed by atoms with Gasteiger partial charge in [-0.05, 0) is 41.3 Å². The number of fused-ring (bicyclic) bond motifs is 1. The van der Waals surface area contributed by atoms with Crippen molar-refractivity contribution < 1.29 is 17.7 Å². The summed E-state index contributed by atoms with van der Waals surface area (Å²) in [7, 11) is 0. The molecule has 184 valence electrons. The molecule has 9 nitrogen and oxygen atoms in total. The highest BCUT2D eigenvalue weighted by Gasteiger charge is 2.13.